The molecule has 15 heavy (non-hydrogen) atoms. The molecule has 0 aromatic carbocycles. The van der Waals surface area contributed by atoms with Gasteiger partial charge in [-0.25, -0.2) is 4.79 Å². The van der Waals surface area contributed by atoms with Gasteiger partial charge in [0.15, 0.2) is 6.61 Å². The van der Waals surface area contributed by atoms with Crippen molar-refractivity contribution >= 4 is 11.9 Å². The maximum absolute atomic E-state index is 11.5. The molecule has 0 aromatic rings. The van der Waals surface area contributed by atoms with Gasteiger partial charge in [0.1, 0.15) is 0 Å². The highest BCUT2D eigenvalue weighted by molar-refractivity contribution is 5.86. The molecule has 0 N–H and O–H groups in total. The van der Waals surface area contributed by atoms with Crippen LogP contribution in [0.3, 0.4) is 0 Å². The maximum atomic E-state index is 11.5. The van der Waals surface area contributed by atoms with Gasteiger partial charge in [0.2, 0.25) is 0 Å². The van der Waals surface area contributed by atoms with Gasteiger partial charge in [0.05, 0.1) is 0 Å². The van der Waals surface area contributed by atoms with Crippen molar-refractivity contribution in [1.29, 1.82) is 0 Å². The topological polar surface area (TPSA) is 46.6 Å². The molecule has 1 saturated heterocycles. The van der Waals surface area contributed by atoms with Crippen molar-refractivity contribution in [3.05, 3.63) is 11.6 Å². The lowest BCUT2D eigenvalue weighted by atomic mass is 10.3. The van der Waals surface area contributed by atoms with Gasteiger partial charge in [-0.05, 0) is 26.7 Å². The largest absolute Gasteiger partial charge is 0.452 e. The van der Waals surface area contributed by atoms with Crippen molar-refractivity contribution in [3.8, 4) is 0 Å². The lowest BCUT2D eigenvalue weighted by molar-refractivity contribution is -0.147. The number of hydrogen-bond donors (Lipinski definition) is 0. The molecule has 1 amide bonds. The first-order chi connectivity index (χ1) is 7.09. The molecular weight excluding hydrogens is 194 g/mol. The molecule has 0 atom stereocenters. The van der Waals surface area contributed by atoms with Crippen molar-refractivity contribution in [1.82, 2.24) is 4.90 Å². The normalized spacial score (nSPS) is 14.9. The van der Waals surface area contributed by atoms with Crippen LogP contribution < -0.4 is 0 Å². The Morgan fingerprint density at radius 1 is 1.27 bits per heavy atom. The number of esters is 1. The highest BCUT2D eigenvalue weighted by atomic mass is 16.5. The fourth-order valence-electron chi connectivity index (χ4n) is 1.47. The first-order valence-corrected chi connectivity index (χ1v) is 5.19. The van der Waals surface area contributed by atoms with E-state index in [1.807, 2.05) is 13.8 Å². The smallest absolute Gasteiger partial charge is 0.331 e. The summed E-state index contributed by atoms with van der Waals surface area (Å²) in [6, 6.07) is 0. The van der Waals surface area contributed by atoms with Crippen molar-refractivity contribution in [3.63, 3.8) is 0 Å². The molecule has 4 nitrogen and oxygen atoms in total. The van der Waals surface area contributed by atoms with E-state index in [9.17, 15) is 9.59 Å². The average molecular weight is 211 g/mol. The average Bonchev–Trinajstić information content (AvgIpc) is 2.65. The summed E-state index contributed by atoms with van der Waals surface area (Å²) in [4.78, 5) is 24.3. The fraction of sp³-hybridized carbons (Fsp3) is 0.636. The molecule has 0 unspecified atom stereocenters. The Morgan fingerprint density at radius 3 is 2.40 bits per heavy atom. The van der Waals surface area contributed by atoms with E-state index in [1.54, 1.807) is 4.90 Å². The molecule has 0 aliphatic carbocycles. The number of carbonyl (C=O) groups excluding carboxylic acids is 2. The van der Waals surface area contributed by atoms with Crippen LogP contribution in [0.15, 0.2) is 11.6 Å². The standard InChI is InChI=1S/C11H17NO3/c1-9(2)7-11(14)15-8-10(13)12-5-3-4-6-12/h7H,3-6,8H2,1-2H3. The molecular formula is C11H17NO3. The minimum absolute atomic E-state index is 0.0944. The van der Waals surface area contributed by atoms with Crippen LogP contribution in [-0.2, 0) is 14.3 Å². The zero-order valence-corrected chi connectivity index (χ0v) is 9.28. The lowest BCUT2D eigenvalue weighted by Gasteiger charge is -2.14. The minimum Gasteiger partial charge on any atom is -0.452 e. The summed E-state index contributed by atoms with van der Waals surface area (Å²) in [7, 11) is 0. The summed E-state index contributed by atoms with van der Waals surface area (Å²) in [6.45, 7) is 5.06. The van der Waals surface area contributed by atoms with Gasteiger partial charge in [-0.15, -0.1) is 0 Å². The highest BCUT2D eigenvalue weighted by Gasteiger charge is 2.18. The summed E-state index contributed by atoms with van der Waals surface area (Å²) >= 11 is 0. The quantitative estimate of drug-likeness (QED) is 0.519. The first kappa shape index (κ1) is 11.8. The second-order valence-electron chi connectivity index (χ2n) is 3.92. The predicted molar refractivity (Wildman–Crippen MR) is 56.2 cm³/mol. The summed E-state index contributed by atoms with van der Waals surface area (Å²) in [5.41, 5.74) is 0.869. The lowest BCUT2D eigenvalue weighted by Crippen LogP contribution is -2.31. The number of hydrogen-bond acceptors (Lipinski definition) is 3. The van der Waals surface area contributed by atoms with E-state index in [0.29, 0.717) is 0 Å². The molecule has 1 heterocycles. The molecule has 1 aliphatic heterocycles. The minimum atomic E-state index is -0.442. The zero-order chi connectivity index (χ0) is 11.3. The van der Waals surface area contributed by atoms with Gasteiger partial charge in [-0.3, -0.25) is 4.79 Å². The highest BCUT2D eigenvalue weighted by Crippen LogP contribution is 2.07. The van der Waals surface area contributed by atoms with Gasteiger partial charge in [-0.2, -0.15) is 0 Å². The monoisotopic (exact) mass is 211 g/mol. The van der Waals surface area contributed by atoms with Gasteiger partial charge < -0.3 is 9.64 Å². The van der Waals surface area contributed by atoms with Crippen LogP contribution in [0.2, 0.25) is 0 Å². The van der Waals surface area contributed by atoms with Crippen LogP contribution in [0, 0.1) is 0 Å². The second-order valence-corrected chi connectivity index (χ2v) is 3.92. The Bertz CT molecular complexity index is 274. The van der Waals surface area contributed by atoms with E-state index in [4.69, 9.17) is 4.74 Å². The molecule has 0 radical (unpaired) electrons. The van der Waals surface area contributed by atoms with Crippen LogP contribution in [0.1, 0.15) is 26.7 Å². The number of likely N-dealkylation sites (tertiary alicyclic amines) is 1. The molecule has 0 bridgehead atoms. The van der Waals surface area contributed by atoms with Crippen molar-refractivity contribution < 1.29 is 14.3 Å². The molecule has 0 saturated carbocycles. The predicted octanol–water partition coefficient (Wildman–Crippen LogP) is 1.12. The third-order valence-corrected chi connectivity index (χ3v) is 2.20. The molecule has 0 spiro atoms. The van der Waals surface area contributed by atoms with Gasteiger partial charge >= 0.3 is 5.97 Å². The van der Waals surface area contributed by atoms with Crippen LogP contribution in [0.5, 0.6) is 0 Å². The third-order valence-electron chi connectivity index (χ3n) is 2.20. The van der Waals surface area contributed by atoms with Gasteiger partial charge in [-0.1, -0.05) is 5.57 Å². The van der Waals surface area contributed by atoms with E-state index in [1.165, 1.54) is 6.08 Å². The van der Waals surface area contributed by atoms with Crippen LogP contribution >= 0.6 is 0 Å². The Balaban J connectivity index is 2.27. The molecule has 4 heteroatoms. The molecule has 1 fully saturated rings. The molecule has 84 valence electrons. The number of allylic oxidation sites excluding steroid dienone is 1. The van der Waals surface area contributed by atoms with E-state index < -0.39 is 5.97 Å². The third kappa shape index (κ3) is 4.14. The zero-order valence-electron chi connectivity index (χ0n) is 9.28. The molecule has 1 aliphatic rings. The Kier molecular flexibility index (Phi) is 4.34. The second kappa shape index (κ2) is 5.53. The number of amides is 1. The van der Waals surface area contributed by atoms with Crippen molar-refractivity contribution in [2.45, 2.75) is 26.7 Å². The van der Waals surface area contributed by atoms with Crippen LogP contribution in [0.4, 0.5) is 0 Å². The molecule has 0 aromatic heterocycles. The van der Waals surface area contributed by atoms with E-state index in [2.05, 4.69) is 0 Å². The summed E-state index contributed by atoms with van der Waals surface area (Å²) in [5, 5.41) is 0. The fourth-order valence-corrected chi connectivity index (χ4v) is 1.47. The van der Waals surface area contributed by atoms with E-state index in [-0.39, 0.29) is 12.5 Å². The van der Waals surface area contributed by atoms with E-state index in [0.717, 1.165) is 31.5 Å². The Hall–Kier alpha value is -1.32. The van der Waals surface area contributed by atoms with Crippen molar-refractivity contribution in [2.24, 2.45) is 0 Å². The SMILES string of the molecule is CC(C)=CC(=O)OCC(=O)N1CCCC1. The number of nitrogens with zero attached hydrogens (tertiary/aromatic N) is 1. The molecule has 1 rings (SSSR count). The van der Waals surface area contributed by atoms with Gasteiger partial charge in [0.25, 0.3) is 5.91 Å². The van der Waals surface area contributed by atoms with E-state index >= 15 is 0 Å². The summed E-state index contributed by atoms with van der Waals surface area (Å²) < 4.78 is 4.82. The van der Waals surface area contributed by atoms with Gasteiger partial charge in [0, 0.05) is 19.2 Å². The Morgan fingerprint density at radius 2 is 1.87 bits per heavy atom. The first-order valence-electron chi connectivity index (χ1n) is 5.19. The van der Waals surface area contributed by atoms with Crippen LogP contribution in [-0.4, -0.2) is 36.5 Å². The number of carbonyl (C=O) groups is 2. The summed E-state index contributed by atoms with van der Waals surface area (Å²) in [5.74, 6) is -0.537. The maximum Gasteiger partial charge on any atom is 0.331 e. The Labute approximate surface area is 89.9 Å². The number of rotatable bonds is 3. The van der Waals surface area contributed by atoms with Crippen molar-refractivity contribution in [2.75, 3.05) is 19.7 Å². The summed E-state index contributed by atoms with van der Waals surface area (Å²) in [6.07, 6.45) is 3.48. The number of ether oxygens (including phenoxy) is 1. The van der Waals surface area contributed by atoms with Crippen LogP contribution in [0.25, 0.3) is 0 Å².